The molecule has 17 heavy (non-hydrogen) atoms. The van der Waals surface area contributed by atoms with Gasteiger partial charge in [-0.05, 0) is 24.6 Å². The van der Waals surface area contributed by atoms with Crippen molar-refractivity contribution in [3.05, 3.63) is 35.0 Å². The Morgan fingerprint density at radius 2 is 2.18 bits per heavy atom. The molecule has 0 aliphatic carbocycles. The quantitative estimate of drug-likeness (QED) is 0.816. The summed E-state index contributed by atoms with van der Waals surface area (Å²) in [5, 5.41) is 5.16. The molecule has 0 saturated carbocycles. The molecule has 0 saturated heterocycles. The number of hydrogen-bond acceptors (Lipinski definition) is 2. The van der Waals surface area contributed by atoms with E-state index >= 15 is 0 Å². The molecule has 2 aromatic rings. The van der Waals surface area contributed by atoms with Crippen LogP contribution in [0.3, 0.4) is 0 Å². The molecular weight excluding hydrogens is 234 g/mol. The predicted octanol–water partition coefficient (Wildman–Crippen LogP) is 3.87. The summed E-state index contributed by atoms with van der Waals surface area (Å²) in [6.45, 7) is 6.39. The van der Waals surface area contributed by atoms with E-state index in [0.29, 0.717) is 10.9 Å². The van der Waals surface area contributed by atoms with E-state index in [1.807, 2.05) is 18.2 Å². The molecule has 0 bridgehead atoms. The van der Waals surface area contributed by atoms with Gasteiger partial charge in [0.1, 0.15) is 5.76 Å². The maximum atomic E-state index is 6.06. The SMILES string of the molecule is CC(C)CNCCc1cc2cccc(Cl)c2o1. The number of fused-ring (bicyclic) bond motifs is 1. The Bertz CT molecular complexity index is 490. The van der Waals surface area contributed by atoms with Crippen LogP contribution in [0, 0.1) is 5.92 Å². The summed E-state index contributed by atoms with van der Waals surface area (Å²) in [5.41, 5.74) is 0.799. The average molecular weight is 252 g/mol. The molecule has 0 atom stereocenters. The molecule has 0 amide bonds. The van der Waals surface area contributed by atoms with E-state index in [-0.39, 0.29) is 0 Å². The summed E-state index contributed by atoms with van der Waals surface area (Å²) in [5.74, 6) is 1.67. The minimum atomic E-state index is 0.681. The molecule has 0 fully saturated rings. The Labute approximate surface area is 107 Å². The first-order valence-electron chi connectivity index (χ1n) is 6.04. The molecule has 1 heterocycles. The van der Waals surface area contributed by atoms with Crippen molar-refractivity contribution in [2.24, 2.45) is 5.92 Å². The predicted molar refractivity (Wildman–Crippen MR) is 72.6 cm³/mol. The first kappa shape index (κ1) is 12.5. The maximum Gasteiger partial charge on any atom is 0.152 e. The smallest absolute Gasteiger partial charge is 0.152 e. The zero-order valence-corrected chi connectivity index (χ0v) is 11.1. The van der Waals surface area contributed by atoms with Gasteiger partial charge in [-0.1, -0.05) is 37.6 Å². The van der Waals surface area contributed by atoms with Gasteiger partial charge in [-0.15, -0.1) is 0 Å². The van der Waals surface area contributed by atoms with E-state index in [4.69, 9.17) is 16.0 Å². The standard InChI is InChI=1S/C14H18ClNO/c1-10(2)9-16-7-6-12-8-11-4-3-5-13(15)14(11)17-12/h3-5,8,10,16H,6-7,9H2,1-2H3. The summed E-state index contributed by atoms with van der Waals surface area (Å²) < 4.78 is 5.73. The number of halogens is 1. The van der Waals surface area contributed by atoms with Crippen LogP contribution in [0.1, 0.15) is 19.6 Å². The third-order valence-electron chi connectivity index (χ3n) is 2.65. The molecule has 92 valence electrons. The van der Waals surface area contributed by atoms with Crippen molar-refractivity contribution >= 4 is 22.6 Å². The van der Waals surface area contributed by atoms with E-state index in [1.54, 1.807) is 0 Å². The lowest BCUT2D eigenvalue weighted by molar-refractivity contribution is 0.510. The lowest BCUT2D eigenvalue weighted by Crippen LogP contribution is -2.21. The second-order valence-electron chi connectivity index (χ2n) is 4.72. The van der Waals surface area contributed by atoms with E-state index in [1.165, 1.54) is 0 Å². The molecule has 0 radical (unpaired) electrons. The van der Waals surface area contributed by atoms with Crippen molar-refractivity contribution < 1.29 is 4.42 Å². The molecule has 1 aromatic carbocycles. The Morgan fingerprint density at radius 1 is 1.35 bits per heavy atom. The number of para-hydroxylation sites is 1. The van der Waals surface area contributed by atoms with Gasteiger partial charge in [0.05, 0.1) is 5.02 Å². The summed E-state index contributed by atoms with van der Waals surface area (Å²) in [6.07, 6.45) is 0.901. The monoisotopic (exact) mass is 251 g/mol. The molecule has 0 aliphatic heterocycles. The van der Waals surface area contributed by atoms with Gasteiger partial charge in [0, 0.05) is 18.4 Å². The summed E-state index contributed by atoms with van der Waals surface area (Å²) >= 11 is 6.06. The molecule has 0 unspecified atom stereocenters. The van der Waals surface area contributed by atoms with E-state index < -0.39 is 0 Å². The summed E-state index contributed by atoms with van der Waals surface area (Å²) in [4.78, 5) is 0. The van der Waals surface area contributed by atoms with Crippen LogP contribution < -0.4 is 5.32 Å². The van der Waals surface area contributed by atoms with Crippen LogP contribution >= 0.6 is 11.6 Å². The number of benzene rings is 1. The van der Waals surface area contributed by atoms with Gasteiger partial charge in [0.2, 0.25) is 0 Å². The van der Waals surface area contributed by atoms with Crippen molar-refractivity contribution in [3.8, 4) is 0 Å². The van der Waals surface area contributed by atoms with E-state index in [0.717, 1.165) is 36.2 Å². The zero-order chi connectivity index (χ0) is 12.3. The number of rotatable bonds is 5. The normalized spacial score (nSPS) is 11.5. The van der Waals surface area contributed by atoms with Crippen molar-refractivity contribution in [2.45, 2.75) is 20.3 Å². The van der Waals surface area contributed by atoms with Crippen LogP contribution in [0.15, 0.2) is 28.7 Å². The van der Waals surface area contributed by atoms with Crippen LogP contribution in [-0.2, 0) is 6.42 Å². The number of furan rings is 1. The summed E-state index contributed by atoms with van der Waals surface area (Å²) in [6, 6.07) is 7.89. The van der Waals surface area contributed by atoms with Crippen molar-refractivity contribution in [1.82, 2.24) is 5.32 Å². The highest BCUT2D eigenvalue weighted by Crippen LogP contribution is 2.26. The van der Waals surface area contributed by atoms with Crippen LogP contribution in [0.2, 0.25) is 5.02 Å². The van der Waals surface area contributed by atoms with Crippen molar-refractivity contribution in [3.63, 3.8) is 0 Å². The van der Waals surface area contributed by atoms with Gasteiger partial charge < -0.3 is 9.73 Å². The third-order valence-corrected chi connectivity index (χ3v) is 2.95. The molecule has 2 nitrogen and oxygen atoms in total. The number of hydrogen-bond donors (Lipinski definition) is 1. The molecule has 0 aliphatic rings. The topological polar surface area (TPSA) is 25.2 Å². The Morgan fingerprint density at radius 3 is 2.88 bits per heavy atom. The fraction of sp³-hybridized carbons (Fsp3) is 0.429. The van der Waals surface area contributed by atoms with Gasteiger partial charge in [-0.2, -0.15) is 0 Å². The first-order valence-corrected chi connectivity index (χ1v) is 6.42. The molecular formula is C14H18ClNO. The van der Waals surface area contributed by atoms with Crippen molar-refractivity contribution in [1.29, 1.82) is 0 Å². The van der Waals surface area contributed by atoms with Crippen LogP contribution in [-0.4, -0.2) is 13.1 Å². The maximum absolute atomic E-state index is 6.06. The Kier molecular flexibility index (Phi) is 4.08. The first-order chi connectivity index (χ1) is 8.16. The molecule has 2 rings (SSSR count). The minimum absolute atomic E-state index is 0.681. The van der Waals surface area contributed by atoms with E-state index in [9.17, 15) is 0 Å². The largest absolute Gasteiger partial charge is 0.459 e. The number of nitrogens with one attached hydrogen (secondary N) is 1. The van der Waals surface area contributed by atoms with Gasteiger partial charge in [0.25, 0.3) is 0 Å². The molecule has 0 spiro atoms. The van der Waals surface area contributed by atoms with Gasteiger partial charge in [-0.3, -0.25) is 0 Å². The Hall–Kier alpha value is -0.990. The van der Waals surface area contributed by atoms with Crippen molar-refractivity contribution in [2.75, 3.05) is 13.1 Å². The Balaban J connectivity index is 1.98. The third kappa shape index (κ3) is 3.24. The highest BCUT2D eigenvalue weighted by Gasteiger charge is 2.06. The fourth-order valence-electron chi connectivity index (χ4n) is 1.81. The lowest BCUT2D eigenvalue weighted by Gasteiger charge is -2.05. The van der Waals surface area contributed by atoms with Crippen LogP contribution in [0.4, 0.5) is 0 Å². The zero-order valence-electron chi connectivity index (χ0n) is 10.3. The lowest BCUT2D eigenvalue weighted by atomic mass is 10.2. The summed E-state index contributed by atoms with van der Waals surface area (Å²) in [7, 11) is 0. The molecule has 3 heteroatoms. The minimum Gasteiger partial charge on any atom is -0.459 e. The van der Waals surface area contributed by atoms with E-state index in [2.05, 4.69) is 25.2 Å². The van der Waals surface area contributed by atoms with Crippen LogP contribution in [0.5, 0.6) is 0 Å². The van der Waals surface area contributed by atoms with Crippen LogP contribution in [0.25, 0.3) is 11.0 Å². The second kappa shape index (κ2) is 5.56. The molecule has 1 N–H and O–H groups in total. The highest BCUT2D eigenvalue weighted by molar-refractivity contribution is 6.34. The average Bonchev–Trinajstić information content (AvgIpc) is 2.69. The van der Waals surface area contributed by atoms with Gasteiger partial charge >= 0.3 is 0 Å². The highest BCUT2D eigenvalue weighted by atomic mass is 35.5. The second-order valence-corrected chi connectivity index (χ2v) is 5.13. The van der Waals surface area contributed by atoms with Gasteiger partial charge in [0.15, 0.2) is 5.58 Å². The molecule has 1 aromatic heterocycles. The fourth-order valence-corrected chi connectivity index (χ4v) is 2.03. The van der Waals surface area contributed by atoms with Gasteiger partial charge in [-0.25, -0.2) is 0 Å².